The minimum Gasteiger partial charge on any atom is -0.439 e. The molecule has 0 unspecified atom stereocenters. The first-order valence-electron chi connectivity index (χ1n) is 6.65. The van der Waals surface area contributed by atoms with E-state index in [9.17, 15) is 10.1 Å². The van der Waals surface area contributed by atoms with Crippen LogP contribution in [0, 0.1) is 10.1 Å². The Morgan fingerprint density at radius 3 is 2.81 bits per heavy atom. The predicted octanol–water partition coefficient (Wildman–Crippen LogP) is 3.10. The third-order valence-electron chi connectivity index (χ3n) is 3.17. The minimum atomic E-state index is -0.457. The third-order valence-corrected chi connectivity index (χ3v) is 3.17. The van der Waals surface area contributed by atoms with Gasteiger partial charge in [0, 0.05) is 25.1 Å². The Kier molecular flexibility index (Phi) is 3.39. The topological polar surface area (TPSA) is 90.2 Å². The number of aromatic nitrogens is 2. The highest BCUT2D eigenvalue weighted by Crippen LogP contribution is 2.39. The number of hydrogen-bond acceptors (Lipinski definition) is 6. The van der Waals surface area contributed by atoms with Crippen molar-refractivity contribution in [2.75, 3.05) is 12.4 Å². The summed E-state index contributed by atoms with van der Waals surface area (Å²) in [6, 6.07) is 7.70. The first kappa shape index (κ1) is 13.3. The molecule has 0 atom stereocenters. The maximum absolute atomic E-state index is 10.8. The van der Waals surface area contributed by atoms with Crippen LogP contribution in [0.5, 0.6) is 11.6 Å². The lowest BCUT2D eigenvalue weighted by Gasteiger charge is -2.08. The lowest BCUT2D eigenvalue weighted by molar-refractivity contribution is -0.384. The van der Waals surface area contributed by atoms with Crippen molar-refractivity contribution in [1.29, 1.82) is 0 Å². The van der Waals surface area contributed by atoms with Gasteiger partial charge in [-0.25, -0.2) is 4.98 Å². The summed E-state index contributed by atoms with van der Waals surface area (Å²) in [6.45, 7) is 0. The van der Waals surface area contributed by atoms with E-state index < -0.39 is 4.92 Å². The maximum atomic E-state index is 10.8. The fraction of sp³-hybridized carbons (Fsp3) is 0.286. The summed E-state index contributed by atoms with van der Waals surface area (Å²) < 4.78 is 5.63. The molecule has 0 radical (unpaired) electrons. The normalized spacial score (nSPS) is 13.8. The highest BCUT2D eigenvalue weighted by Gasteiger charge is 2.27. The van der Waals surface area contributed by atoms with E-state index >= 15 is 0 Å². The van der Waals surface area contributed by atoms with Crippen LogP contribution < -0.4 is 10.1 Å². The van der Waals surface area contributed by atoms with Crippen molar-refractivity contribution in [3.05, 3.63) is 46.3 Å². The average molecular weight is 286 g/mol. The molecule has 7 heteroatoms. The van der Waals surface area contributed by atoms with Crippen LogP contribution in [0.2, 0.25) is 0 Å². The molecule has 1 fully saturated rings. The highest BCUT2D eigenvalue weighted by atomic mass is 16.6. The monoisotopic (exact) mass is 286 g/mol. The molecule has 1 aromatic carbocycles. The molecule has 2 aromatic rings. The predicted molar refractivity (Wildman–Crippen MR) is 76.7 cm³/mol. The van der Waals surface area contributed by atoms with Crippen LogP contribution in [-0.2, 0) is 0 Å². The number of nitrogens with zero attached hydrogens (tertiary/aromatic N) is 3. The molecule has 0 bridgehead atoms. The molecule has 3 rings (SSSR count). The molecule has 1 aromatic heterocycles. The highest BCUT2D eigenvalue weighted by molar-refractivity contribution is 5.43. The second-order valence-electron chi connectivity index (χ2n) is 4.83. The van der Waals surface area contributed by atoms with Gasteiger partial charge >= 0.3 is 0 Å². The van der Waals surface area contributed by atoms with Crippen LogP contribution in [0.4, 0.5) is 11.5 Å². The lowest BCUT2D eigenvalue weighted by atomic mass is 10.3. The van der Waals surface area contributed by atoms with Crippen molar-refractivity contribution in [2.24, 2.45) is 0 Å². The first-order chi connectivity index (χ1) is 10.2. The van der Waals surface area contributed by atoms with E-state index in [4.69, 9.17) is 4.74 Å². The van der Waals surface area contributed by atoms with Gasteiger partial charge in [-0.1, -0.05) is 6.07 Å². The first-order valence-corrected chi connectivity index (χ1v) is 6.65. The zero-order valence-corrected chi connectivity index (χ0v) is 11.4. The van der Waals surface area contributed by atoms with Crippen molar-refractivity contribution in [2.45, 2.75) is 18.8 Å². The van der Waals surface area contributed by atoms with E-state index in [0.717, 1.165) is 18.7 Å². The molecule has 1 aliphatic rings. The van der Waals surface area contributed by atoms with Crippen LogP contribution in [0.1, 0.15) is 24.6 Å². The third kappa shape index (κ3) is 3.07. The molecule has 108 valence electrons. The van der Waals surface area contributed by atoms with Gasteiger partial charge in [0.05, 0.1) is 11.0 Å². The number of rotatable bonds is 5. The SMILES string of the molecule is CNc1cc(Oc2cccc([N+](=O)[O-])c2)nc(C2CC2)n1. The Hall–Kier alpha value is -2.70. The number of non-ortho nitro benzene ring substituents is 1. The fourth-order valence-corrected chi connectivity index (χ4v) is 1.93. The smallest absolute Gasteiger partial charge is 0.273 e. The Morgan fingerprint density at radius 1 is 1.33 bits per heavy atom. The Bertz CT molecular complexity index is 686. The standard InChI is InChI=1S/C14H14N4O3/c1-15-12-8-13(17-14(16-12)9-5-6-9)21-11-4-2-3-10(7-11)18(19)20/h2-4,7-9H,5-6H2,1H3,(H,15,16,17). The number of nitrogens with one attached hydrogen (secondary N) is 1. The molecular formula is C14H14N4O3. The quantitative estimate of drug-likeness (QED) is 0.671. The Morgan fingerprint density at radius 2 is 2.14 bits per heavy atom. The van der Waals surface area contributed by atoms with Gasteiger partial charge in [0.2, 0.25) is 5.88 Å². The van der Waals surface area contributed by atoms with E-state index in [1.165, 1.54) is 12.1 Å². The second kappa shape index (κ2) is 5.35. The van der Waals surface area contributed by atoms with Crippen LogP contribution in [-0.4, -0.2) is 21.9 Å². The molecule has 0 saturated heterocycles. The van der Waals surface area contributed by atoms with Crippen LogP contribution >= 0.6 is 0 Å². The molecule has 21 heavy (non-hydrogen) atoms. The molecule has 0 amide bonds. The van der Waals surface area contributed by atoms with Gasteiger partial charge in [-0.3, -0.25) is 10.1 Å². The largest absolute Gasteiger partial charge is 0.439 e. The van der Waals surface area contributed by atoms with Crippen molar-refractivity contribution in [3.63, 3.8) is 0 Å². The van der Waals surface area contributed by atoms with E-state index in [-0.39, 0.29) is 5.69 Å². The van der Waals surface area contributed by atoms with Gasteiger partial charge < -0.3 is 10.1 Å². The number of anilines is 1. The molecular weight excluding hydrogens is 272 g/mol. The number of benzene rings is 1. The summed E-state index contributed by atoms with van der Waals surface area (Å²) in [7, 11) is 1.77. The molecule has 1 heterocycles. The number of ether oxygens (including phenoxy) is 1. The van der Waals surface area contributed by atoms with E-state index in [0.29, 0.717) is 23.4 Å². The van der Waals surface area contributed by atoms with Gasteiger partial charge in [0.25, 0.3) is 5.69 Å². The molecule has 1 saturated carbocycles. The van der Waals surface area contributed by atoms with E-state index in [1.807, 2.05) is 0 Å². The summed E-state index contributed by atoms with van der Waals surface area (Å²) in [5, 5.41) is 13.7. The number of hydrogen-bond donors (Lipinski definition) is 1. The maximum Gasteiger partial charge on any atom is 0.273 e. The summed E-state index contributed by atoms with van der Waals surface area (Å²) >= 11 is 0. The fourth-order valence-electron chi connectivity index (χ4n) is 1.93. The zero-order valence-electron chi connectivity index (χ0n) is 11.4. The van der Waals surface area contributed by atoms with Gasteiger partial charge in [-0.05, 0) is 18.9 Å². The summed E-state index contributed by atoms with van der Waals surface area (Å²) in [5.41, 5.74) is -0.0159. The molecule has 1 aliphatic carbocycles. The van der Waals surface area contributed by atoms with Crippen molar-refractivity contribution in [3.8, 4) is 11.6 Å². The van der Waals surface area contributed by atoms with Crippen LogP contribution in [0.3, 0.4) is 0 Å². The van der Waals surface area contributed by atoms with Crippen LogP contribution in [0.25, 0.3) is 0 Å². The summed E-state index contributed by atoms with van der Waals surface area (Å²) in [6.07, 6.45) is 2.17. The molecule has 7 nitrogen and oxygen atoms in total. The van der Waals surface area contributed by atoms with Gasteiger partial charge in [0.1, 0.15) is 17.4 Å². The molecule has 0 spiro atoms. The van der Waals surface area contributed by atoms with Gasteiger partial charge in [-0.2, -0.15) is 4.98 Å². The van der Waals surface area contributed by atoms with Crippen LogP contribution in [0.15, 0.2) is 30.3 Å². The zero-order chi connectivity index (χ0) is 14.8. The molecule has 1 N–H and O–H groups in total. The summed E-state index contributed by atoms with van der Waals surface area (Å²) in [5.74, 6) is 2.59. The van der Waals surface area contributed by atoms with Gasteiger partial charge in [0.15, 0.2) is 0 Å². The molecule has 0 aliphatic heterocycles. The second-order valence-corrected chi connectivity index (χ2v) is 4.83. The lowest BCUT2D eigenvalue weighted by Crippen LogP contribution is -2.01. The van der Waals surface area contributed by atoms with E-state index in [1.54, 1.807) is 25.2 Å². The number of nitro benzene ring substituents is 1. The van der Waals surface area contributed by atoms with Crippen molar-refractivity contribution < 1.29 is 9.66 Å². The Balaban J connectivity index is 1.88. The van der Waals surface area contributed by atoms with E-state index in [2.05, 4.69) is 15.3 Å². The minimum absolute atomic E-state index is 0.0159. The average Bonchev–Trinajstić information content (AvgIpc) is 3.31. The van der Waals surface area contributed by atoms with Crippen molar-refractivity contribution >= 4 is 11.5 Å². The Labute approximate surface area is 121 Å². The van der Waals surface area contributed by atoms with Crippen molar-refractivity contribution in [1.82, 2.24) is 9.97 Å². The van der Waals surface area contributed by atoms with Gasteiger partial charge in [-0.15, -0.1) is 0 Å². The number of nitro groups is 1. The summed E-state index contributed by atoms with van der Waals surface area (Å²) in [4.78, 5) is 19.1.